The molecule has 7 heteroatoms. The zero-order valence-electron chi connectivity index (χ0n) is 14.3. The maximum absolute atomic E-state index is 4.24. The van der Waals surface area contributed by atoms with Gasteiger partial charge in [0.15, 0.2) is 17.4 Å². The quantitative estimate of drug-likeness (QED) is 0.332. The van der Waals surface area contributed by atoms with Gasteiger partial charge in [-0.05, 0) is 30.4 Å². The van der Waals surface area contributed by atoms with Crippen LogP contribution in [0.1, 0.15) is 39.4 Å². The number of halogens is 1. The van der Waals surface area contributed by atoms with Crippen molar-refractivity contribution in [3.05, 3.63) is 30.2 Å². The lowest BCUT2D eigenvalue weighted by atomic mass is 9.91. The Labute approximate surface area is 155 Å². The molecule has 2 aromatic rings. The summed E-state index contributed by atoms with van der Waals surface area (Å²) in [4.78, 5) is 4.24. The molecule has 0 saturated carbocycles. The van der Waals surface area contributed by atoms with Crippen molar-refractivity contribution in [2.45, 2.75) is 40.2 Å². The summed E-state index contributed by atoms with van der Waals surface area (Å²) in [6.45, 7) is 8.28. The lowest BCUT2D eigenvalue weighted by Crippen LogP contribution is -2.37. The molecule has 0 saturated heterocycles. The van der Waals surface area contributed by atoms with Crippen LogP contribution in [0.3, 0.4) is 0 Å². The maximum Gasteiger partial charge on any atom is 0.191 e. The molecule has 2 aromatic heterocycles. The van der Waals surface area contributed by atoms with Gasteiger partial charge in [-0.3, -0.25) is 9.39 Å². The molecule has 0 aliphatic heterocycles. The second-order valence-electron chi connectivity index (χ2n) is 6.56. The van der Waals surface area contributed by atoms with Crippen LogP contribution in [0.2, 0.25) is 0 Å². The highest BCUT2D eigenvalue weighted by Crippen LogP contribution is 2.19. The Kier molecular flexibility index (Phi) is 7.74. The summed E-state index contributed by atoms with van der Waals surface area (Å²) in [5.41, 5.74) is 1.23. The molecule has 0 atom stereocenters. The van der Waals surface area contributed by atoms with Crippen LogP contribution in [0.4, 0.5) is 0 Å². The summed E-state index contributed by atoms with van der Waals surface area (Å²) in [6.07, 6.45) is 4.27. The van der Waals surface area contributed by atoms with E-state index in [4.69, 9.17) is 0 Å². The zero-order chi connectivity index (χ0) is 16.0. The molecule has 0 aliphatic carbocycles. The van der Waals surface area contributed by atoms with E-state index >= 15 is 0 Å². The van der Waals surface area contributed by atoms with Crippen molar-refractivity contribution >= 4 is 35.6 Å². The Bertz CT molecular complexity index is 629. The Hall–Kier alpha value is -1.38. The molecular weight excluding hydrogens is 403 g/mol. The Balaban J connectivity index is 0.00000264. The second kappa shape index (κ2) is 9.05. The molecule has 0 radical (unpaired) electrons. The molecule has 0 amide bonds. The number of nitrogens with one attached hydrogen (secondary N) is 2. The van der Waals surface area contributed by atoms with Gasteiger partial charge in [-0.2, -0.15) is 0 Å². The summed E-state index contributed by atoms with van der Waals surface area (Å²) < 4.78 is 1.97. The molecular formula is C16H27IN6. The van der Waals surface area contributed by atoms with E-state index in [0.29, 0.717) is 12.0 Å². The molecule has 0 bridgehead atoms. The normalized spacial score (nSPS) is 12.1. The highest BCUT2D eigenvalue weighted by Gasteiger charge is 2.09. The van der Waals surface area contributed by atoms with Gasteiger partial charge in [-0.1, -0.05) is 26.8 Å². The van der Waals surface area contributed by atoms with Gasteiger partial charge >= 0.3 is 0 Å². The van der Waals surface area contributed by atoms with Crippen LogP contribution in [-0.2, 0) is 6.54 Å². The van der Waals surface area contributed by atoms with Gasteiger partial charge < -0.3 is 10.6 Å². The number of rotatable bonds is 5. The Morgan fingerprint density at radius 1 is 1.22 bits per heavy atom. The molecule has 2 N–H and O–H groups in total. The molecule has 6 nitrogen and oxygen atoms in total. The summed E-state index contributed by atoms with van der Waals surface area (Å²) in [5, 5.41) is 14.9. The number of guanidine groups is 1. The fraction of sp³-hybridized carbons (Fsp3) is 0.562. The highest BCUT2D eigenvalue weighted by atomic mass is 127. The van der Waals surface area contributed by atoms with Gasteiger partial charge in [-0.15, -0.1) is 34.2 Å². The van der Waals surface area contributed by atoms with E-state index in [1.807, 2.05) is 28.8 Å². The first kappa shape index (κ1) is 19.7. The summed E-state index contributed by atoms with van der Waals surface area (Å²) >= 11 is 0. The number of hydrogen-bond acceptors (Lipinski definition) is 3. The van der Waals surface area contributed by atoms with Crippen LogP contribution in [0, 0.1) is 5.41 Å². The minimum absolute atomic E-state index is 0. The van der Waals surface area contributed by atoms with Gasteiger partial charge in [0.1, 0.15) is 0 Å². The number of aliphatic imine (C=N–C) groups is 1. The fourth-order valence-corrected chi connectivity index (χ4v) is 2.22. The van der Waals surface area contributed by atoms with Crippen LogP contribution < -0.4 is 10.6 Å². The molecule has 0 aromatic carbocycles. The van der Waals surface area contributed by atoms with E-state index < -0.39 is 0 Å². The van der Waals surface area contributed by atoms with E-state index in [0.717, 1.165) is 30.4 Å². The van der Waals surface area contributed by atoms with Gasteiger partial charge in [0.25, 0.3) is 0 Å². The third-order valence-electron chi connectivity index (χ3n) is 3.42. The van der Waals surface area contributed by atoms with Crippen LogP contribution >= 0.6 is 24.0 Å². The van der Waals surface area contributed by atoms with Crippen LogP contribution in [0.5, 0.6) is 0 Å². The second-order valence-corrected chi connectivity index (χ2v) is 6.56. The minimum Gasteiger partial charge on any atom is -0.356 e. The zero-order valence-corrected chi connectivity index (χ0v) is 16.7. The molecule has 0 fully saturated rings. The maximum atomic E-state index is 4.24. The standard InChI is InChI=1S/C16H26N6.HI/c1-16(2,3)9-7-10-18-15(17-4)19-12-14-21-20-13-8-5-6-11-22(13)14;/h5-6,8,11H,7,9-10,12H2,1-4H3,(H2,17,18,19);1H. The van der Waals surface area contributed by atoms with Crippen LogP contribution in [0.15, 0.2) is 29.4 Å². The smallest absolute Gasteiger partial charge is 0.191 e. The molecule has 2 heterocycles. The van der Waals surface area contributed by atoms with Crippen molar-refractivity contribution < 1.29 is 0 Å². The van der Waals surface area contributed by atoms with Crippen LogP contribution in [-0.4, -0.2) is 34.2 Å². The first-order chi connectivity index (χ1) is 10.5. The van der Waals surface area contributed by atoms with Gasteiger partial charge in [-0.25, -0.2) is 0 Å². The topological polar surface area (TPSA) is 66.6 Å². The van der Waals surface area contributed by atoms with Crippen molar-refractivity contribution in [1.29, 1.82) is 0 Å². The van der Waals surface area contributed by atoms with E-state index in [1.165, 1.54) is 6.42 Å². The first-order valence-corrected chi connectivity index (χ1v) is 7.73. The van der Waals surface area contributed by atoms with Crippen molar-refractivity contribution in [2.24, 2.45) is 10.4 Å². The van der Waals surface area contributed by atoms with Gasteiger partial charge in [0, 0.05) is 19.8 Å². The average Bonchev–Trinajstić information content (AvgIpc) is 2.89. The molecule has 0 aliphatic rings. The first-order valence-electron chi connectivity index (χ1n) is 7.73. The van der Waals surface area contributed by atoms with Crippen molar-refractivity contribution in [1.82, 2.24) is 25.2 Å². The third kappa shape index (κ3) is 6.32. The number of hydrogen-bond donors (Lipinski definition) is 2. The predicted molar refractivity (Wildman–Crippen MR) is 105 cm³/mol. The molecule has 23 heavy (non-hydrogen) atoms. The molecule has 0 unspecified atom stereocenters. The largest absolute Gasteiger partial charge is 0.356 e. The summed E-state index contributed by atoms with van der Waals surface area (Å²) in [7, 11) is 1.78. The Morgan fingerprint density at radius 3 is 2.70 bits per heavy atom. The monoisotopic (exact) mass is 430 g/mol. The van der Waals surface area contributed by atoms with Gasteiger partial charge in [0.05, 0.1) is 6.54 Å². The van der Waals surface area contributed by atoms with E-state index in [-0.39, 0.29) is 24.0 Å². The SMILES string of the molecule is CN=C(NCCCC(C)(C)C)NCc1nnc2ccccn12.I. The highest BCUT2D eigenvalue weighted by molar-refractivity contribution is 14.0. The molecule has 128 valence electrons. The van der Waals surface area contributed by atoms with Crippen LogP contribution in [0.25, 0.3) is 5.65 Å². The Morgan fingerprint density at radius 2 is 2.00 bits per heavy atom. The van der Waals surface area contributed by atoms with Crippen molar-refractivity contribution in [3.8, 4) is 0 Å². The predicted octanol–water partition coefficient (Wildman–Crippen LogP) is 2.84. The number of aromatic nitrogens is 3. The number of fused-ring (bicyclic) bond motifs is 1. The average molecular weight is 430 g/mol. The number of nitrogens with zero attached hydrogens (tertiary/aromatic N) is 4. The van der Waals surface area contributed by atoms with E-state index in [9.17, 15) is 0 Å². The molecule has 2 rings (SSSR count). The minimum atomic E-state index is 0. The van der Waals surface area contributed by atoms with E-state index in [2.05, 4.69) is 46.6 Å². The summed E-state index contributed by atoms with van der Waals surface area (Å²) in [5.74, 6) is 1.66. The summed E-state index contributed by atoms with van der Waals surface area (Å²) in [6, 6.07) is 5.87. The third-order valence-corrected chi connectivity index (χ3v) is 3.42. The van der Waals surface area contributed by atoms with Crippen molar-refractivity contribution in [2.75, 3.05) is 13.6 Å². The van der Waals surface area contributed by atoms with E-state index in [1.54, 1.807) is 7.05 Å². The lowest BCUT2D eigenvalue weighted by molar-refractivity contribution is 0.365. The van der Waals surface area contributed by atoms with Gasteiger partial charge in [0.2, 0.25) is 0 Å². The number of pyridine rings is 1. The van der Waals surface area contributed by atoms with Crippen molar-refractivity contribution in [3.63, 3.8) is 0 Å². The molecule has 0 spiro atoms. The fourth-order valence-electron chi connectivity index (χ4n) is 2.22. The lowest BCUT2D eigenvalue weighted by Gasteiger charge is -2.18.